The highest BCUT2D eigenvalue weighted by Gasteiger charge is 2.17. The van der Waals surface area contributed by atoms with E-state index in [1.165, 1.54) is 19.3 Å². The van der Waals surface area contributed by atoms with Crippen LogP contribution in [-0.2, 0) is 16.0 Å². The van der Waals surface area contributed by atoms with Crippen molar-refractivity contribution in [1.29, 1.82) is 0 Å². The average molecular weight is 320 g/mol. The second-order valence-electron chi connectivity index (χ2n) is 6.57. The van der Waals surface area contributed by atoms with Crippen molar-refractivity contribution in [3.63, 3.8) is 0 Å². The summed E-state index contributed by atoms with van der Waals surface area (Å²) in [6.45, 7) is 2.03. The molecule has 1 atom stereocenters. The molecule has 1 aromatic rings. The number of aryl methyl sites for hydroxylation is 1. The Bertz CT molecular complexity index is 478. The van der Waals surface area contributed by atoms with E-state index in [-0.39, 0.29) is 24.4 Å². The first-order valence-electron chi connectivity index (χ1n) is 8.72. The summed E-state index contributed by atoms with van der Waals surface area (Å²) in [5.74, 6) is 1.29. The maximum Gasteiger partial charge on any atom is 0.239 e. The summed E-state index contributed by atoms with van der Waals surface area (Å²) in [6, 6.07) is 3.85. The van der Waals surface area contributed by atoms with Gasteiger partial charge in [-0.05, 0) is 44.2 Å². The van der Waals surface area contributed by atoms with Crippen LogP contribution in [0.4, 0.5) is 0 Å². The van der Waals surface area contributed by atoms with Crippen LogP contribution in [0.25, 0.3) is 0 Å². The SMILES string of the molecule is C[C@@H](CCc1ccco1)NC(=O)CNC(=O)CC1CCCCC1. The predicted octanol–water partition coefficient (Wildman–Crippen LogP) is 2.80. The summed E-state index contributed by atoms with van der Waals surface area (Å²) in [5.41, 5.74) is 0. The quantitative estimate of drug-likeness (QED) is 0.773. The van der Waals surface area contributed by atoms with Crippen molar-refractivity contribution in [3.8, 4) is 0 Å². The van der Waals surface area contributed by atoms with Crippen LogP contribution >= 0.6 is 0 Å². The van der Waals surface area contributed by atoms with Gasteiger partial charge in [0.1, 0.15) is 5.76 Å². The first-order chi connectivity index (χ1) is 11.1. The standard InChI is InChI=1S/C18H28N2O3/c1-14(9-10-16-8-5-11-23-16)20-18(22)13-19-17(21)12-15-6-3-2-4-7-15/h5,8,11,14-15H,2-4,6-7,9-10,12-13H2,1H3,(H,19,21)(H,20,22)/t14-/m0/s1. The molecule has 0 saturated heterocycles. The van der Waals surface area contributed by atoms with Gasteiger partial charge in [-0.3, -0.25) is 9.59 Å². The number of nitrogens with one attached hydrogen (secondary N) is 2. The number of hydrogen-bond donors (Lipinski definition) is 2. The molecule has 2 amide bonds. The fourth-order valence-electron chi connectivity index (χ4n) is 3.12. The van der Waals surface area contributed by atoms with Gasteiger partial charge in [0.15, 0.2) is 0 Å². The normalized spacial score (nSPS) is 16.7. The molecule has 1 aliphatic rings. The lowest BCUT2D eigenvalue weighted by Gasteiger charge is -2.21. The van der Waals surface area contributed by atoms with Crippen LogP contribution in [0.3, 0.4) is 0 Å². The first kappa shape index (κ1) is 17.6. The largest absolute Gasteiger partial charge is 0.469 e. The van der Waals surface area contributed by atoms with Gasteiger partial charge in [-0.2, -0.15) is 0 Å². The van der Waals surface area contributed by atoms with E-state index in [4.69, 9.17) is 4.42 Å². The first-order valence-corrected chi connectivity index (χ1v) is 8.72. The Morgan fingerprint density at radius 2 is 2.04 bits per heavy atom. The number of rotatable bonds is 8. The average Bonchev–Trinajstić information content (AvgIpc) is 3.05. The molecule has 1 fully saturated rings. The third-order valence-electron chi connectivity index (χ3n) is 4.46. The lowest BCUT2D eigenvalue weighted by molar-refractivity contribution is -0.127. The number of amides is 2. The van der Waals surface area contributed by atoms with Crippen LogP contribution in [0.1, 0.15) is 57.6 Å². The van der Waals surface area contributed by atoms with E-state index in [9.17, 15) is 9.59 Å². The van der Waals surface area contributed by atoms with Crippen molar-refractivity contribution in [2.75, 3.05) is 6.54 Å². The Kier molecular flexibility index (Phi) is 7.17. The number of carbonyl (C=O) groups excluding carboxylic acids is 2. The fraction of sp³-hybridized carbons (Fsp3) is 0.667. The van der Waals surface area contributed by atoms with Crippen LogP contribution < -0.4 is 10.6 Å². The van der Waals surface area contributed by atoms with Gasteiger partial charge in [0.05, 0.1) is 12.8 Å². The Morgan fingerprint density at radius 3 is 2.74 bits per heavy atom. The summed E-state index contributed by atoms with van der Waals surface area (Å²) in [6.07, 6.45) is 9.85. The lowest BCUT2D eigenvalue weighted by atomic mass is 9.87. The molecule has 5 nitrogen and oxygen atoms in total. The van der Waals surface area contributed by atoms with Gasteiger partial charge in [0, 0.05) is 18.9 Å². The highest BCUT2D eigenvalue weighted by atomic mass is 16.3. The van der Waals surface area contributed by atoms with E-state index in [1.807, 2.05) is 19.1 Å². The van der Waals surface area contributed by atoms with Gasteiger partial charge in [-0.25, -0.2) is 0 Å². The smallest absolute Gasteiger partial charge is 0.239 e. The van der Waals surface area contributed by atoms with Crippen molar-refractivity contribution < 1.29 is 14.0 Å². The summed E-state index contributed by atoms with van der Waals surface area (Å²) < 4.78 is 5.27. The van der Waals surface area contributed by atoms with Gasteiger partial charge in [0.2, 0.25) is 11.8 Å². The monoisotopic (exact) mass is 320 g/mol. The molecule has 0 aliphatic heterocycles. The van der Waals surface area contributed by atoms with Gasteiger partial charge in [0.25, 0.3) is 0 Å². The Labute approximate surface area is 138 Å². The van der Waals surface area contributed by atoms with Crippen molar-refractivity contribution in [2.45, 2.75) is 64.3 Å². The van der Waals surface area contributed by atoms with Gasteiger partial charge < -0.3 is 15.1 Å². The zero-order valence-electron chi connectivity index (χ0n) is 14.0. The molecule has 0 spiro atoms. The molecule has 1 saturated carbocycles. The van der Waals surface area contributed by atoms with Crippen molar-refractivity contribution >= 4 is 11.8 Å². The molecule has 5 heteroatoms. The fourth-order valence-corrected chi connectivity index (χ4v) is 3.12. The van der Waals surface area contributed by atoms with Crippen molar-refractivity contribution in [2.24, 2.45) is 5.92 Å². The van der Waals surface area contributed by atoms with Gasteiger partial charge >= 0.3 is 0 Å². The van der Waals surface area contributed by atoms with E-state index >= 15 is 0 Å². The summed E-state index contributed by atoms with van der Waals surface area (Å²) in [5, 5.41) is 5.64. The molecule has 1 aromatic heterocycles. The summed E-state index contributed by atoms with van der Waals surface area (Å²) >= 11 is 0. The van der Waals surface area contributed by atoms with E-state index in [2.05, 4.69) is 10.6 Å². The molecule has 23 heavy (non-hydrogen) atoms. The molecule has 1 heterocycles. The van der Waals surface area contributed by atoms with E-state index in [0.29, 0.717) is 12.3 Å². The molecule has 0 aromatic carbocycles. The molecule has 128 valence electrons. The Morgan fingerprint density at radius 1 is 1.26 bits per heavy atom. The minimum Gasteiger partial charge on any atom is -0.469 e. The van der Waals surface area contributed by atoms with Gasteiger partial charge in [-0.1, -0.05) is 19.3 Å². The molecular weight excluding hydrogens is 292 g/mol. The predicted molar refractivity (Wildman–Crippen MR) is 88.8 cm³/mol. The minimum atomic E-state index is -0.131. The Hall–Kier alpha value is -1.78. The van der Waals surface area contributed by atoms with Gasteiger partial charge in [-0.15, -0.1) is 0 Å². The molecule has 2 rings (SSSR count). The van der Waals surface area contributed by atoms with Crippen LogP contribution in [0.2, 0.25) is 0 Å². The van der Waals surface area contributed by atoms with Crippen LogP contribution in [0.5, 0.6) is 0 Å². The molecule has 0 unspecified atom stereocenters. The number of carbonyl (C=O) groups is 2. The third-order valence-corrected chi connectivity index (χ3v) is 4.46. The zero-order valence-corrected chi connectivity index (χ0v) is 14.0. The summed E-state index contributed by atoms with van der Waals surface area (Å²) in [4.78, 5) is 23.7. The van der Waals surface area contributed by atoms with Crippen LogP contribution in [-0.4, -0.2) is 24.4 Å². The van der Waals surface area contributed by atoms with Crippen molar-refractivity contribution in [1.82, 2.24) is 10.6 Å². The van der Waals surface area contributed by atoms with Crippen molar-refractivity contribution in [3.05, 3.63) is 24.2 Å². The van der Waals surface area contributed by atoms with Crippen LogP contribution in [0, 0.1) is 5.92 Å². The highest BCUT2D eigenvalue weighted by Crippen LogP contribution is 2.25. The molecular formula is C18H28N2O3. The maximum atomic E-state index is 11.9. The second-order valence-corrected chi connectivity index (χ2v) is 6.57. The molecule has 0 radical (unpaired) electrons. The molecule has 0 bridgehead atoms. The van der Waals surface area contributed by atoms with E-state index in [0.717, 1.165) is 31.4 Å². The van der Waals surface area contributed by atoms with Crippen LogP contribution in [0.15, 0.2) is 22.8 Å². The highest BCUT2D eigenvalue weighted by molar-refractivity contribution is 5.84. The molecule has 2 N–H and O–H groups in total. The second kappa shape index (κ2) is 9.38. The molecule has 1 aliphatic carbocycles. The maximum absolute atomic E-state index is 11.9. The minimum absolute atomic E-state index is 0.00436. The summed E-state index contributed by atoms with van der Waals surface area (Å²) in [7, 11) is 0. The van der Waals surface area contributed by atoms with E-state index < -0.39 is 0 Å². The third kappa shape index (κ3) is 6.89. The zero-order chi connectivity index (χ0) is 16.5. The Balaban J connectivity index is 1.57. The van der Waals surface area contributed by atoms with E-state index in [1.54, 1.807) is 6.26 Å². The number of furan rings is 1. The lowest BCUT2D eigenvalue weighted by Crippen LogP contribution is -2.41. The topological polar surface area (TPSA) is 71.3 Å². The number of hydrogen-bond acceptors (Lipinski definition) is 3.